The Labute approximate surface area is 187 Å². The van der Waals surface area contributed by atoms with E-state index in [2.05, 4.69) is 17.2 Å². The van der Waals surface area contributed by atoms with Crippen molar-refractivity contribution in [3.8, 4) is 11.5 Å². The Kier molecular flexibility index (Phi) is 6.25. The number of benzene rings is 2. The van der Waals surface area contributed by atoms with Crippen LogP contribution in [0.25, 0.3) is 10.9 Å². The van der Waals surface area contributed by atoms with Crippen LogP contribution in [0.2, 0.25) is 0 Å². The molecule has 2 aromatic carbocycles. The minimum Gasteiger partial charge on any atom is -0.493 e. The van der Waals surface area contributed by atoms with Crippen LogP contribution < -0.4 is 14.8 Å². The van der Waals surface area contributed by atoms with Gasteiger partial charge in [-0.2, -0.15) is 0 Å². The number of anilines is 1. The molecule has 1 atom stereocenters. The predicted molar refractivity (Wildman–Crippen MR) is 124 cm³/mol. The summed E-state index contributed by atoms with van der Waals surface area (Å²) in [5.41, 5.74) is 2.64. The summed E-state index contributed by atoms with van der Waals surface area (Å²) in [6, 6.07) is 12.8. The second-order valence-corrected chi connectivity index (χ2v) is 7.78. The predicted octanol–water partition coefficient (Wildman–Crippen LogP) is 4.52. The lowest BCUT2D eigenvalue weighted by Crippen LogP contribution is -2.31. The zero-order valence-electron chi connectivity index (χ0n) is 18.6. The highest BCUT2D eigenvalue weighted by atomic mass is 16.5. The van der Waals surface area contributed by atoms with Gasteiger partial charge in [-0.3, -0.25) is 19.5 Å². The summed E-state index contributed by atoms with van der Waals surface area (Å²) in [6.07, 6.45) is 3.22. The Hall–Kier alpha value is -3.61. The van der Waals surface area contributed by atoms with Gasteiger partial charge in [-0.15, -0.1) is 0 Å². The highest BCUT2D eigenvalue weighted by molar-refractivity contribution is 6.21. The molecule has 0 aliphatic carbocycles. The monoisotopic (exact) mass is 433 g/mol. The molecule has 32 heavy (non-hydrogen) atoms. The van der Waals surface area contributed by atoms with Crippen molar-refractivity contribution in [3.05, 3.63) is 59.8 Å². The lowest BCUT2D eigenvalue weighted by Gasteiger charge is -2.20. The number of amides is 2. The van der Waals surface area contributed by atoms with Crippen molar-refractivity contribution < 1.29 is 19.1 Å². The molecular weight excluding hydrogens is 406 g/mol. The topological polar surface area (TPSA) is 80.8 Å². The third kappa shape index (κ3) is 3.98. The zero-order chi connectivity index (χ0) is 22.7. The molecule has 1 N–H and O–H groups in total. The maximum atomic E-state index is 12.5. The molecule has 7 nitrogen and oxygen atoms in total. The summed E-state index contributed by atoms with van der Waals surface area (Å²) >= 11 is 0. The molecule has 1 aromatic heterocycles. The third-order valence-corrected chi connectivity index (χ3v) is 5.61. The number of carbonyl (C=O) groups is 2. The summed E-state index contributed by atoms with van der Waals surface area (Å²) in [7, 11) is 1.62. The third-order valence-electron chi connectivity index (χ3n) is 5.61. The Balaban J connectivity index is 1.44. The van der Waals surface area contributed by atoms with E-state index >= 15 is 0 Å². The van der Waals surface area contributed by atoms with Crippen molar-refractivity contribution in [2.24, 2.45) is 0 Å². The normalized spacial score (nSPS) is 13.9. The maximum Gasteiger partial charge on any atom is 0.261 e. The first-order chi connectivity index (χ1) is 15.5. The van der Waals surface area contributed by atoms with Crippen molar-refractivity contribution in [2.45, 2.75) is 32.7 Å². The molecule has 0 saturated heterocycles. The quantitative estimate of drug-likeness (QED) is 0.500. The number of nitrogens with one attached hydrogen (secondary N) is 1. The molecule has 0 fully saturated rings. The molecule has 0 saturated carbocycles. The first-order valence-electron chi connectivity index (χ1n) is 10.9. The average molecular weight is 434 g/mol. The average Bonchev–Trinajstić information content (AvgIpc) is 3.05. The smallest absolute Gasteiger partial charge is 0.261 e. The number of imide groups is 1. The van der Waals surface area contributed by atoms with E-state index in [0.29, 0.717) is 42.2 Å². The molecule has 166 valence electrons. The molecule has 2 amide bonds. The number of methoxy groups -OCH3 is 1. The summed E-state index contributed by atoms with van der Waals surface area (Å²) in [4.78, 5) is 30.9. The van der Waals surface area contributed by atoms with Gasteiger partial charge in [-0.05, 0) is 51.0 Å². The number of pyridine rings is 1. The number of rotatable bonds is 9. The van der Waals surface area contributed by atoms with Crippen molar-refractivity contribution in [1.82, 2.24) is 9.88 Å². The number of fused-ring (bicyclic) bond motifs is 2. The molecule has 1 aliphatic rings. The molecule has 0 radical (unpaired) electrons. The number of carbonyl (C=O) groups excluding carboxylic acids is 2. The van der Waals surface area contributed by atoms with Gasteiger partial charge in [-0.25, -0.2) is 0 Å². The lowest BCUT2D eigenvalue weighted by atomic mass is 10.1. The first kappa shape index (κ1) is 21.6. The zero-order valence-corrected chi connectivity index (χ0v) is 18.6. The SMILES string of the molecule is CCOc1c(OC)cc(NC(C)CCCN2C(=O)c3ccccc3C2=O)c2ncccc12. The van der Waals surface area contributed by atoms with E-state index in [0.717, 1.165) is 23.0 Å². The van der Waals surface area contributed by atoms with Crippen LogP contribution >= 0.6 is 0 Å². The summed E-state index contributed by atoms with van der Waals surface area (Å²) in [6.45, 7) is 4.93. The molecule has 0 spiro atoms. The van der Waals surface area contributed by atoms with Crippen molar-refractivity contribution in [1.29, 1.82) is 0 Å². The van der Waals surface area contributed by atoms with Gasteiger partial charge in [0.25, 0.3) is 11.8 Å². The Morgan fingerprint density at radius 2 is 1.81 bits per heavy atom. The summed E-state index contributed by atoms with van der Waals surface area (Å²) in [5, 5.41) is 4.39. The molecule has 4 rings (SSSR count). The Morgan fingerprint density at radius 3 is 2.47 bits per heavy atom. The highest BCUT2D eigenvalue weighted by Gasteiger charge is 2.34. The van der Waals surface area contributed by atoms with E-state index in [1.807, 2.05) is 25.1 Å². The molecular formula is C25H27N3O4. The molecule has 7 heteroatoms. The fourth-order valence-electron chi connectivity index (χ4n) is 4.09. The van der Waals surface area contributed by atoms with E-state index in [-0.39, 0.29) is 17.9 Å². The van der Waals surface area contributed by atoms with Crippen molar-refractivity contribution >= 4 is 28.4 Å². The minimum atomic E-state index is -0.211. The van der Waals surface area contributed by atoms with Crippen LogP contribution in [0.4, 0.5) is 5.69 Å². The number of aromatic nitrogens is 1. The molecule has 2 heterocycles. The second kappa shape index (κ2) is 9.26. The van der Waals surface area contributed by atoms with Gasteiger partial charge in [0.1, 0.15) is 0 Å². The fourth-order valence-corrected chi connectivity index (χ4v) is 4.09. The minimum absolute atomic E-state index is 0.0954. The van der Waals surface area contributed by atoms with Crippen LogP contribution in [0.15, 0.2) is 48.7 Å². The number of ether oxygens (including phenoxy) is 2. The van der Waals surface area contributed by atoms with E-state index < -0.39 is 0 Å². The summed E-state index contributed by atoms with van der Waals surface area (Å²) < 4.78 is 11.4. The standard InChI is InChI=1S/C25H27N3O4/c1-4-32-23-19-12-7-13-26-22(19)20(15-21(23)31-3)27-16(2)9-8-14-28-24(29)17-10-5-6-11-18(17)25(28)30/h5-7,10-13,15-16,27H,4,8-9,14H2,1-3H3. The molecule has 3 aromatic rings. The van der Waals surface area contributed by atoms with Gasteiger partial charge in [0.15, 0.2) is 11.5 Å². The fraction of sp³-hybridized carbons (Fsp3) is 0.320. The van der Waals surface area contributed by atoms with E-state index in [4.69, 9.17) is 9.47 Å². The van der Waals surface area contributed by atoms with Crippen LogP contribution in [0.1, 0.15) is 47.4 Å². The lowest BCUT2D eigenvalue weighted by molar-refractivity contribution is 0.0651. The van der Waals surface area contributed by atoms with Crippen molar-refractivity contribution in [2.75, 3.05) is 25.6 Å². The largest absolute Gasteiger partial charge is 0.493 e. The van der Waals surface area contributed by atoms with Gasteiger partial charge in [0.05, 0.1) is 36.0 Å². The Morgan fingerprint density at radius 1 is 1.09 bits per heavy atom. The second-order valence-electron chi connectivity index (χ2n) is 7.78. The van der Waals surface area contributed by atoms with Gasteiger partial charge in [0, 0.05) is 30.2 Å². The van der Waals surface area contributed by atoms with Gasteiger partial charge >= 0.3 is 0 Å². The maximum absolute atomic E-state index is 12.5. The van der Waals surface area contributed by atoms with E-state index in [1.165, 1.54) is 4.90 Å². The van der Waals surface area contributed by atoms with Crippen LogP contribution in [-0.4, -0.2) is 48.0 Å². The first-order valence-corrected chi connectivity index (χ1v) is 10.9. The molecule has 0 bridgehead atoms. The highest BCUT2D eigenvalue weighted by Crippen LogP contribution is 2.39. The van der Waals surface area contributed by atoms with E-state index in [1.54, 1.807) is 37.6 Å². The van der Waals surface area contributed by atoms with Crippen LogP contribution in [0.5, 0.6) is 11.5 Å². The Bertz CT molecular complexity index is 1130. The van der Waals surface area contributed by atoms with Gasteiger partial charge in [0.2, 0.25) is 0 Å². The number of hydrogen-bond acceptors (Lipinski definition) is 6. The number of nitrogens with zero attached hydrogens (tertiary/aromatic N) is 2. The number of hydrogen-bond donors (Lipinski definition) is 1. The van der Waals surface area contributed by atoms with Crippen molar-refractivity contribution in [3.63, 3.8) is 0 Å². The van der Waals surface area contributed by atoms with Crippen LogP contribution in [0.3, 0.4) is 0 Å². The van der Waals surface area contributed by atoms with Crippen LogP contribution in [0, 0.1) is 0 Å². The van der Waals surface area contributed by atoms with Gasteiger partial charge < -0.3 is 14.8 Å². The van der Waals surface area contributed by atoms with Gasteiger partial charge in [-0.1, -0.05) is 12.1 Å². The summed E-state index contributed by atoms with van der Waals surface area (Å²) in [5.74, 6) is 0.908. The van der Waals surface area contributed by atoms with E-state index in [9.17, 15) is 9.59 Å². The molecule has 1 aliphatic heterocycles. The van der Waals surface area contributed by atoms with Crippen LogP contribution in [-0.2, 0) is 0 Å². The molecule has 1 unspecified atom stereocenters.